The van der Waals surface area contributed by atoms with E-state index in [1.807, 2.05) is 19.2 Å². The minimum atomic E-state index is 0.165. The maximum atomic E-state index is 5.07. The number of halogens is 1. The van der Waals surface area contributed by atoms with Crippen molar-refractivity contribution < 1.29 is 4.74 Å². The average molecular weight is 245 g/mol. The number of hydrogen-bond acceptors (Lipinski definition) is 3. The fraction of sp³-hybridized carbons (Fsp3) is 0.444. The number of likely N-dealkylation sites (N-methyl/N-ethyl adjacent to an activating group) is 1. The van der Waals surface area contributed by atoms with E-state index in [9.17, 15) is 0 Å². The van der Waals surface area contributed by atoms with Crippen LogP contribution in [0.4, 0.5) is 0 Å². The van der Waals surface area contributed by atoms with Crippen molar-refractivity contribution in [3.63, 3.8) is 0 Å². The van der Waals surface area contributed by atoms with Gasteiger partial charge in [-0.15, -0.1) is 0 Å². The summed E-state index contributed by atoms with van der Waals surface area (Å²) >= 11 is 3.34. The van der Waals surface area contributed by atoms with Gasteiger partial charge in [0.2, 0.25) is 0 Å². The first-order valence-electron chi connectivity index (χ1n) is 4.05. The van der Waals surface area contributed by atoms with Gasteiger partial charge in [-0.1, -0.05) is 0 Å². The molecule has 4 heteroatoms. The molecule has 1 aromatic heterocycles. The van der Waals surface area contributed by atoms with Gasteiger partial charge in [0.25, 0.3) is 0 Å². The Bertz CT molecular complexity index is 250. The first-order chi connectivity index (χ1) is 6.27. The van der Waals surface area contributed by atoms with Gasteiger partial charge in [-0.2, -0.15) is 0 Å². The second kappa shape index (κ2) is 5.32. The molecular formula is C9H13BrN2O. The molecule has 13 heavy (non-hydrogen) atoms. The van der Waals surface area contributed by atoms with E-state index >= 15 is 0 Å². The topological polar surface area (TPSA) is 34.1 Å². The Kier molecular flexibility index (Phi) is 4.35. The van der Waals surface area contributed by atoms with Gasteiger partial charge in [0.1, 0.15) is 0 Å². The van der Waals surface area contributed by atoms with Gasteiger partial charge in [-0.05, 0) is 35.1 Å². The Morgan fingerprint density at radius 3 is 2.85 bits per heavy atom. The highest BCUT2D eigenvalue weighted by atomic mass is 79.9. The molecule has 0 aliphatic carbocycles. The molecule has 0 saturated carbocycles. The highest BCUT2D eigenvalue weighted by Crippen LogP contribution is 2.13. The van der Waals surface area contributed by atoms with E-state index in [0.717, 1.165) is 10.2 Å². The number of pyridine rings is 1. The Balaban J connectivity index is 2.73. The number of hydrogen-bond donors (Lipinski definition) is 1. The first kappa shape index (κ1) is 10.6. The van der Waals surface area contributed by atoms with Crippen LogP contribution in [0.25, 0.3) is 0 Å². The number of nitrogens with one attached hydrogen (secondary N) is 1. The molecule has 0 aliphatic heterocycles. The minimum absolute atomic E-state index is 0.165. The molecule has 0 amide bonds. The highest BCUT2D eigenvalue weighted by Gasteiger charge is 2.08. The van der Waals surface area contributed by atoms with Crippen molar-refractivity contribution in [1.29, 1.82) is 0 Å². The Hall–Kier alpha value is -0.450. The van der Waals surface area contributed by atoms with E-state index in [-0.39, 0.29) is 6.04 Å². The summed E-state index contributed by atoms with van der Waals surface area (Å²) in [5.74, 6) is 0. The molecule has 1 N–H and O–H groups in total. The van der Waals surface area contributed by atoms with E-state index in [0.29, 0.717) is 6.61 Å². The molecule has 1 atom stereocenters. The molecule has 1 heterocycles. The Morgan fingerprint density at radius 1 is 1.62 bits per heavy atom. The molecule has 0 aliphatic rings. The van der Waals surface area contributed by atoms with Gasteiger partial charge >= 0.3 is 0 Å². The lowest BCUT2D eigenvalue weighted by Gasteiger charge is -2.13. The highest BCUT2D eigenvalue weighted by molar-refractivity contribution is 9.10. The Labute approximate surface area is 86.6 Å². The lowest BCUT2D eigenvalue weighted by atomic mass is 10.2. The molecule has 0 spiro atoms. The zero-order valence-corrected chi connectivity index (χ0v) is 9.34. The third kappa shape index (κ3) is 3.06. The van der Waals surface area contributed by atoms with Gasteiger partial charge in [0.15, 0.2) is 0 Å². The van der Waals surface area contributed by atoms with Crippen LogP contribution >= 0.6 is 15.9 Å². The van der Waals surface area contributed by atoms with Gasteiger partial charge in [-0.3, -0.25) is 4.98 Å². The Morgan fingerprint density at radius 2 is 2.38 bits per heavy atom. The summed E-state index contributed by atoms with van der Waals surface area (Å²) in [6, 6.07) is 4.12. The molecule has 0 fully saturated rings. The fourth-order valence-corrected chi connectivity index (χ4v) is 1.31. The predicted octanol–water partition coefficient (Wildman–Crippen LogP) is 1.75. The molecule has 0 unspecified atom stereocenters. The van der Waals surface area contributed by atoms with E-state index in [1.54, 1.807) is 13.3 Å². The summed E-state index contributed by atoms with van der Waals surface area (Å²) in [7, 11) is 3.58. The zero-order valence-electron chi connectivity index (χ0n) is 7.75. The van der Waals surface area contributed by atoms with Gasteiger partial charge in [0.05, 0.1) is 18.3 Å². The number of methoxy groups -OCH3 is 1. The smallest absolute Gasteiger partial charge is 0.0730 e. The molecule has 0 bridgehead atoms. The monoisotopic (exact) mass is 244 g/mol. The van der Waals surface area contributed by atoms with Crippen molar-refractivity contribution in [3.8, 4) is 0 Å². The van der Waals surface area contributed by atoms with Crippen molar-refractivity contribution in [2.24, 2.45) is 0 Å². The van der Waals surface area contributed by atoms with Gasteiger partial charge in [0, 0.05) is 17.8 Å². The second-order valence-electron chi connectivity index (χ2n) is 2.70. The SMILES string of the molecule is CN[C@@H](COC)c1ccc(Br)cn1. The molecule has 1 aromatic rings. The quantitative estimate of drug-likeness (QED) is 0.877. The van der Waals surface area contributed by atoms with Gasteiger partial charge in [-0.25, -0.2) is 0 Å². The molecule has 0 radical (unpaired) electrons. The summed E-state index contributed by atoms with van der Waals surface area (Å²) in [6.07, 6.45) is 1.79. The van der Waals surface area contributed by atoms with Crippen molar-refractivity contribution in [3.05, 3.63) is 28.5 Å². The summed E-state index contributed by atoms with van der Waals surface area (Å²) in [5, 5.41) is 3.14. The van der Waals surface area contributed by atoms with Crippen LogP contribution in [0.15, 0.2) is 22.8 Å². The molecular weight excluding hydrogens is 232 g/mol. The van der Waals surface area contributed by atoms with Crippen molar-refractivity contribution >= 4 is 15.9 Å². The molecule has 3 nitrogen and oxygen atoms in total. The number of aromatic nitrogens is 1. The van der Waals surface area contributed by atoms with E-state index in [2.05, 4.69) is 26.2 Å². The lowest BCUT2D eigenvalue weighted by Crippen LogP contribution is -2.22. The zero-order chi connectivity index (χ0) is 9.68. The second-order valence-corrected chi connectivity index (χ2v) is 3.61. The maximum Gasteiger partial charge on any atom is 0.0730 e. The summed E-state index contributed by atoms with van der Waals surface area (Å²) in [5.41, 5.74) is 0.993. The maximum absolute atomic E-state index is 5.07. The van der Waals surface area contributed by atoms with Crippen molar-refractivity contribution in [2.45, 2.75) is 6.04 Å². The van der Waals surface area contributed by atoms with Crippen LogP contribution in [0.2, 0.25) is 0 Å². The summed E-state index contributed by atoms with van der Waals surface area (Å²) < 4.78 is 6.05. The number of nitrogens with zero attached hydrogens (tertiary/aromatic N) is 1. The van der Waals surface area contributed by atoms with E-state index < -0.39 is 0 Å². The van der Waals surface area contributed by atoms with Gasteiger partial charge < -0.3 is 10.1 Å². The number of ether oxygens (including phenoxy) is 1. The van der Waals surface area contributed by atoms with Crippen molar-refractivity contribution in [2.75, 3.05) is 20.8 Å². The van der Waals surface area contributed by atoms with Crippen molar-refractivity contribution in [1.82, 2.24) is 10.3 Å². The molecule has 0 aromatic carbocycles. The van der Waals surface area contributed by atoms with Crippen LogP contribution in [0.1, 0.15) is 11.7 Å². The minimum Gasteiger partial charge on any atom is -0.383 e. The lowest BCUT2D eigenvalue weighted by molar-refractivity contribution is 0.169. The van der Waals surface area contributed by atoms with Crippen LogP contribution in [0, 0.1) is 0 Å². The van der Waals surface area contributed by atoms with Crippen LogP contribution in [0.5, 0.6) is 0 Å². The van der Waals surface area contributed by atoms with Crippen LogP contribution < -0.4 is 5.32 Å². The third-order valence-corrected chi connectivity index (χ3v) is 2.26. The van der Waals surface area contributed by atoms with E-state index in [1.165, 1.54) is 0 Å². The normalized spacial score (nSPS) is 12.8. The molecule has 1 rings (SSSR count). The fourth-order valence-electron chi connectivity index (χ4n) is 1.08. The van der Waals surface area contributed by atoms with Crippen LogP contribution in [0.3, 0.4) is 0 Å². The number of rotatable bonds is 4. The van der Waals surface area contributed by atoms with Crippen LogP contribution in [-0.4, -0.2) is 25.7 Å². The molecule has 0 saturated heterocycles. The third-order valence-electron chi connectivity index (χ3n) is 1.79. The van der Waals surface area contributed by atoms with E-state index in [4.69, 9.17) is 4.74 Å². The standard InChI is InChI=1S/C9H13BrN2O/c1-11-9(6-13-2)8-4-3-7(10)5-12-8/h3-5,9,11H,6H2,1-2H3/t9-/m0/s1. The van der Waals surface area contributed by atoms with Crippen LogP contribution in [-0.2, 0) is 4.74 Å². The summed E-state index contributed by atoms with van der Waals surface area (Å²) in [6.45, 7) is 0.630. The summed E-state index contributed by atoms with van der Waals surface area (Å²) in [4.78, 5) is 4.28. The molecule has 72 valence electrons. The first-order valence-corrected chi connectivity index (χ1v) is 4.85. The average Bonchev–Trinajstić information content (AvgIpc) is 2.16. The largest absolute Gasteiger partial charge is 0.383 e. The predicted molar refractivity (Wildman–Crippen MR) is 55.6 cm³/mol.